The van der Waals surface area contributed by atoms with Crippen LogP contribution >= 0.6 is 11.6 Å². The summed E-state index contributed by atoms with van der Waals surface area (Å²) in [5.74, 6) is 0.610. The number of carbonyl (C=O) groups is 1. The van der Waals surface area contributed by atoms with Gasteiger partial charge in [-0.25, -0.2) is 4.98 Å². The van der Waals surface area contributed by atoms with E-state index in [0.717, 1.165) is 11.6 Å². The van der Waals surface area contributed by atoms with Gasteiger partial charge in [-0.05, 0) is 42.5 Å². The first kappa shape index (κ1) is 19.4. The number of nitrogens with one attached hydrogen (secondary N) is 1. The van der Waals surface area contributed by atoms with Gasteiger partial charge in [0.15, 0.2) is 5.58 Å². The Hall–Kier alpha value is -3.91. The summed E-state index contributed by atoms with van der Waals surface area (Å²) >= 11 is 6.02. The number of anilines is 1. The fraction of sp³-hybridized carbons (Fsp3) is 0.0476. The van der Waals surface area contributed by atoms with Gasteiger partial charge in [0.2, 0.25) is 5.89 Å². The van der Waals surface area contributed by atoms with E-state index in [4.69, 9.17) is 20.8 Å². The van der Waals surface area contributed by atoms with Crippen LogP contribution in [0, 0.1) is 10.1 Å². The molecular formula is C21H14ClN3O5. The van der Waals surface area contributed by atoms with Crippen molar-refractivity contribution in [2.24, 2.45) is 0 Å². The molecule has 1 heterocycles. The highest BCUT2D eigenvalue weighted by atomic mass is 35.5. The lowest BCUT2D eigenvalue weighted by atomic mass is 10.2. The monoisotopic (exact) mass is 423 g/mol. The van der Waals surface area contributed by atoms with E-state index in [2.05, 4.69) is 10.3 Å². The Morgan fingerprint density at radius 2 is 2.00 bits per heavy atom. The van der Waals surface area contributed by atoms with Gasteiger partial charge >= 0.3 is 0 Å². The molecule has 0 spiro atoms. The summed E-state index contributed by atoms with van der Waals surface area (Å²) in [4.78, 5) is 27.2. The van der Waals surface area contributed by atoms with E-state index in [9.17, 15) is 14.9 Å². The van der Waals surface area contributed by atoms with Gasteiger partial charge in [0.25, 0.3) is 11.6 Å². The fourth-order valence-electron chi connectivity index (χ4n) is 2.88. The summed E-state index contributed by atoms with van der Waals surface area (Å²) in [6.07, 6.45) is 0. The SMILES string of the molecule is COc1cccc(-c2nc3cc(NC(=O)c4ccc([N+](=O)[O-])cc4Cl)ccc3o2)c1. The number of amides is 1. The van der Waals surface area contributed by atoms with Crippen LogP contribution in [0.3, 0.4) is 0 Å². The maximum absolute atomic E-state index is 12.5. The largest absolute Gasteiger partial charge is 0.497 e. The van der Waals surface area contributed by atoms with Crippen LogP contribution in [0.15, 0.2) is 65.1 Å². The third-order valence-corrected chi connectivity index (χ3v) is 4.68. The molecule has 0 aliphatic heterocycles. The molecule has 8 nitrogen and oxygen atoms in total. The Bertz CT molecular complexity index is 1280. The van der Waals surface area contributed by atoms with Crippen LogP contribution in [0.1, 0.15) is 10.4 Å². The van der Waals surface area contributed by atoms with Gasteiger partial charge in [0, 0.05) is 23.4 Å². The van der Waals surface area contributed by atoms with Crippen molar-refractivity contribution in [1.29, 1.82) is 0 Å². The molecule has 0 unspecified atom stereocenters. The molecule has 4 aromatic rings. The summed E-state index contributed by atoms with van der Waals surface area (Å²) in [5, 5.41) is 13.5. The fourth-order valence-corrected chi connectivity index (χ4v) is 3.15. The van der Waals surface area contributed by atoms with Crippen molar-refractivity contribution in [3.63, 3.8) is 0 Å². The molecule has 0 atom stereocenters. The number of fused-ring (bicyclic) bond motifs is 1. The molecule has 1 amide bonds. The molecule has 0 fully saturated rings. The molecule has 3 aromatic carbocycles. The number of nitrogens with zero attached hydrogens (tertiary/aromatic N) is 2. The third kappa shape index (κ3) is 3.81. The van der Waals surface area contributed by atoms with E-state index in [1.54, 1.807) is 25.3 Å². The van der Waals surface area contributed by atoms with Crippen molar-refractivity contribution >= 4 is 40.0 Å². The van der Waals surface area contributed by atoms with Crippen molar-refractivity contribution in [2.45, 2.75) is 0 Å². The van der Waals surface area contributed by atoms with Crippen LogP contribution in [0.5, 0.6) is 5.75 Å². The zero-order chi connectivity index (χ0) is 21.3. The molecule has 4 rings (SSSR count). The van der Waals surface area contributed by atoms with Crippen LogP contribution in [0.2, 0.25) is 5.02 Å². The van der Waals surface area contributed by atoms with Crippen molar-refractivity contribution in [3.05, 3.63) is 81.4 Å². The van der Waals surface area contributed by atoms with Gasteiger partial charge in [0.05, 0.1) is 22.6 Å². The molecule has 0 saturated heterocycles. The molecular weight excluding hydrogens is 410 g/mol. The topological polar surface area (TPSA) is 108 Å². The second-order valence-corrected chi connectivity index (χ2v) is 6.72. The molecule has 0 bridgehead atoms. The number of hydrogen-bond donors (Lipinski definition) is 1. The van der Waals surface area contributed by atoms with Crippen LogP contribution < -0.4 is 10.1 Å². The Morgan fingerprint density at radius 1 is 1.17 bits per heavy atom. The predicted molar refractivity (Wildman–Crippen MR) is 112 cm³/mol. The quantitative estimate of drug-likeness (QED) is 0.344. The average Bonchev–Trinajstić information content (AvgIpc) is 3.17. The zero-order valence-corrected chi connectivity index (χ0v) is 16.3. The number of rotatable bonds is 5. The highest BCUT2D eigenvalue weighted by molar-refractivity contribution is 6.34. The minimum Gasteiger partial charge on any atom is -0.497 e. The zero-order valence-electron chi connectivity index (χ0n) is 15.6. The maximum atomic E-state index is 12.5. The Balaban J connectivity index is 1.59. The van der Waals surface area contributed by atoms with Gasteiger partial charge in [0.1, 0.15) is 11.3 Å². The van der Waals surface area contributed by atoms with Crippen molar-refractivity contribution in [1.82, 2.24) is 4.98 Å². The summed E-state index contributed by atoms with van der Waals surface area (Å²) < 4.78 is 11.0. The number of nitro benzene ring substituents is 1. The number of nitro groups is 1. The molecule has 1 aromatic heterocycles. The minimum absolute atomic E-state index is 0.00970. The van der Waals surface area contributed by atoms with E-state index in [1.165, 1.54) is 12.1 Å². The Labute approximate surface area is 175 Å². The molecule has 150 valence electrons. The van der Waals surface area contributed by atoms with Gasteiger partial charge in [-0.1, -0.05) is 17.7 Å². The van der Waals surface area contributed by atoms with Gasteiger partial charge in [-0.2, -0.15) is 0 Å². The number of ether oxygens (including phenoxy) is 1. The summed E-state index contributed by atoms with van der Waals surface area (Å²) in [7, 11) is 1.58. The van der Waals surface area contributed by atoms with E-state index in [1.807, 2.05) is 24.3 Å². The van der Waals surface area contributed by atoms with Crippen molar-refractivity contribution < 1.29 is 18.9 Å². The smallest absolute Gasteiger partial charge is 0.270 e. The first-order chi connectivity index (χ1) is 14.4. The van der Waals surface area contributed by atoms with Crippen LogP contribution in [-0.4, -0.2) is 22.9 Å². The lowest BCUT2D eigenvalue weighted by molar-refractivity contribution is -0.384. The second kappa shape index (κ2) is 7.84. The van der Waals surface area contributed by atoms with Crippen molar-refractivity contribution in [2.75, 3.05) is 12.4 Å². The highest BCUT2D eigenvalue weighted by Crippen LogP contribution is 2.29. The number of halogens is 1. The van der Waals surface area contributed by atoms with Gasteiger partial charge in [-0.3, -0.25) is 14.9 Å². The predicted octanol–water partition coefficient (Wildman–Crippen LogP) is 5.32. The number of oxazole rings is 1. The highest BCUT2D eigenvalue weighted by Gasteiger charge is 2.16. The number of methoxy groups -OCH3 is 1. The van der Waals surface area contributed by atoms with Crippen molar-refractivity contribution in [3.8, 4) is 17.2 Å². The normalized spacial score (nSPS) is 10.7. The lowest BCUT2D eigenvalue weighted by Crippen LogP contribution is -2.12. The second-order valence-electron chi connectivity index (χ2n) is 6.31. The van der Waals surface area contributed by atoms with Crippen LogP contribution in [0.25, 0.3) is 22.6 Å². The Kier molecular flexibility index (Phi) is 5.07. The number of non-ortho nitro benzene ring substituents is 1. The minimum atomic E-state index is -0.577. The lowest BCUT2D eigenvalue weighted by Gasteiger charge is -2.06. The number of benzene rings is 3. The number of hydrogen-bond acceptors (Lipinski definition) is 6. The average molecular weight is 424 g/mol. The van der Waals surface area contributed by atoms with E-state index >= 15 is 0 Å². The number of carbonyl (C=O) groups excluding carboxylic acids is 1. The van der Waals surface area contributed by atoms with Gasteiger partial charge in [-0.15, -0.1) is 0 Å². The maximum Gasteiger partial charge on any atom is 0.270 e. The summed E-state index contributed by atoms with van der Waals surface area (Å²) in [6, 6.07) is 16.0. The summed E-state index contributed by atoms with van der Waals surface area (Å²) in [5.41, 5.74) is 2.28. The number of aromatic nitrogens is 1. The van der Waals surface area contributed by atoms with Crippen LogP contribution in [-0.2, 0) is 0 Å². The van der Waals surface area contributed by atoms with E-state index in [0.29, 0.717) is 28.4 Å². The molecule has 30 heavy (non-hydrogen) atoms. The Morgan fingerprint density at radius 3 is 2.73 bits per heavy atom. The molecule has 0 aliphatic carbocycles. The van der Waals surface area contributed by atoms with E-state index < -0.39 is 10.8 Å². The molecule has 9 heteroatoms. The standard InChI is InChI=1S/C21H14ClN3O5/c1-29-15-4-2-3-12(9-15)21-24-18-10-13(5-8-19(18)30-21)23-20(26)16-7-6-14(25(27)28)11-17(16)22/h2-11H,1H3,(H,23,26). The molecule has 1 N–H and O–H groups in total. The first-order valence-corrected chi connectivity index (χ1v) is 9.13. The summed E-state index contributed by atoms with van der Waals surface area (Å²) in [6.45, 7) is 0. The van der Waals surface area contributed by atoms with E-state index in [-0.39, 0.29) is 16.3 Å². The first-order valence-electron chi connectivity index (χ1n) is 8.75. The third-order valence-electron chi connectivity index (χ3n) is 4.37. The van der Waals surface area contributed by atoms with Gasteiger partial charge < -0.3 is 14.5 Å². The molecule has 0 aliphatic rings. The van der Waals surface area contributed by atoms with Crippen LogP contribution in [0.4, 0.5) is 11.4 Å². The molecule has 0 saturated carbocycles. The molecule has 0 radical (unpaired) electrons.